The lowest BCUT2D eigenvalue weighted by molar-refractivity contribution is 0.102. The maximum Gasteiger partial charge on any atom is 0.276 e. The molecule has 0 spiro atoms. The fourth-order valence-electron chi connectivity index (χ4n) is 3.57. The number of halogens is 3. The number of amides is 1. The van der Waals surface area contributed by atoms with Gasteiger partial charge in [0.05, 0.1) is 16.4 Å². The predicted molar refractivity (Wildman–Crippen MR) is 133 cm³/mol. The molecule has 9 nitrogen and oxygen atoms in total. The lowest BCUT2D eigenvalue weighted by Crippen LogP contribution is -2.15. The van der Waals surface area contributed by atoms with Crippen LogP contribution in [0.2, 0.25) is 15.1 Å². The van der Waals surface area contributed by atoms with Gasteiger partial charge in [0.25, 0.3) is 5.91 Å². The van der Waals surface area contributed by atoms with Crippen LogP contribution in [0.4, 0.5) is 5.69 Å². The van der Waals surface area contributed by atoms with Crippen molar-refractivity contribution in [3.8, 4) is 16.9 Å². The van der Waals surface area contributed by atoms with Crippen LogP contribution in [0.25, 0.3) is 16.9 Å². The van der Waals surface area contributed by atoms with E-state index in [-0.39, 0.29) is 12.1 Å². The second-order valence-corrected chi connectivity index (χ2v) is 8.67. The molecule has 174 valence electrons. The highest BCUT2D eigenvalue weighted by molar-refractivity contribution is 6.35. The van der Waals surface area contributed by atoms with Gasteiger partial charge in [-0.1, -0.05) is 52.1 Å². The van der Waals surface area contributed by atoms with E-state index in [1.54, 1.807) is 59.5 Å². The van der Waals surface area contributed by atoms with Crippen molar-refractivity contribution in [1.82, 2.24) is 35.4 Å². The Morgan fingerprint density at radius 3 is 2.40 bits per heavy atom. The van der Waals surface area contributed by atoms with Crippen LogP contribution < -0.4 is 5.32 Å². The largest absolute Gasteiger partial charge is 0.320 e. The van der Waals surface area contributed by atoms with Gasteiger partial charge in [-0.3, -0.25) is 9.78 Å². The third-order valence-corrected chi connectivity index (χ3v) is 5.91. The van der Waals surface area contributed by atoms with E-state index in [0.29, 0.717) is 43.5 Å². The SMILES string of the molecule is O=C(Nc1ccncc1)c1nn(-c2ccc(Cl)cc2Cl)c(-c2ccc(Cl)cc2)c1Cc1nn[nH]n1. The standard InChI is InChI=1S/C23H15Cl3N8O/c24-14-3-1-13(2-4-14)22-17(12-20-29-32-33-30-20)21(23(35)28-16-7-9-27-10-8-16)31-34(22)19-6-5-15(25)11-18(19)26/h1-11H,12H2,(H,27,28,35)(H,29,30,32,33). The number of tetrazole rings is 1. The Morgan fingerprint density at radius 1 is 0.971 bits per heavy atom. The van der Waals surface area contributed by atoms with Crippen LogP contribution in [0.15, 0.2) is 67.0 Å². The topological polar surface area (TPSA) is 114 Å². The van der Waals surface area contributed by atoms with E-state index < -0.39 is 5.91 Å². The molecule has 0 bridgehead atoms. The van der Waals surface area contributed by atoms with Crippen LogP contribution in [-0.2, 0) is 6.42 Å². The van der Waals surface area contributed by atoms with E-state index in [9.17, 15) is 4.79 Å². The molecule has 0 fully saturated rings. The number of aromatic nitrogens is 7. The molecular weight excluding hydrogens is 511 g/mol. The van der Waals surface area contributed by atoms with Crippen molar-refractivity contribution in [2.75, 3.05) is 5.32 Å². The van der Waals surface area contributed by atoms with Gasteiger partial charge in [0.15, 0.2) is 11.5 Å². The number of hydrogen-bond acceptors (Lipinski definition) is 6. The average molecular weight is 526 g/mol. The number of benzene rings is 2. The molecule has 0 saturated carbocycles. The van der Waals surface area contributed by atoms with Crippen LogP contribution in [0.5, 0.6) is 0 Å². The zero-order valence-corrected chi connectivity index (χ0v) is 20.1. The molecule has 0 atom stereocenters. The third kappa shape index (κ3) is 4.88. The molecule has 35 heavy (non-hydrogen) atoms. The van der Waals surface area contributed by atoms with Gasteiger partial charge in [0.1, 0.15) is 0 Å². The molecule has 3 aromatic heterocycles. The zero-order valence-electron chi connectivity index (χ0n) is 17.8. The number of pyridine rings is 1. The molecule has 0 aliphatic carbocycles. The average Bonchev–Trinajstić information content (AvgIpc) is 3.49. The Hall–Kier alpha value is -3.79. The number of carbonyl (C=O) groups is 1. The lowest BCUT2D eigenvalue weighted by Gasteiger charge is -2.11. The summed E-state index contributed by atoms with van der Waals surface area (Å²) in [6.45, 7) is 0. The molecule has 2 aromatic carbocycles. The summed E-state index contributed by atoms with van der Waals surface area (Å²) in [5.41, 5.74) is 3.24. The first-order valence-corrected chi connectivity index (χ1v) is 11.4. The van der Waals surface area contributed by atoms with Crippen molar-refractivity contribution in [3.05, 3.63) is 99.1 Å². The van der Waals surface area contributed by atoms with E-state index in [4.69, 9.17) is 34.8 Å². The molecular formula is C23H15Cl3N8O. The number of aromatic amines is 1. The summed E-state index contributed by atoms with van der Waals surface area (Å²) in [5, 5.41) is 23.2. The number of nitrogens with zero attached hydrogens (tertiary/aromatic N) is 6. The van der Waals surface area contributed by atoms with Gasteiger partial charge in [0.2, 0.25) is 0 Å². The van der Waals surface area contributed by atoms with Crippen molar-refractivity contribution in [3.63, 3.8) is 0 Å². The highest BCUT2D eigenvalue weighted by Crippen LogP contribution is 2.34. The number of nitrogens with one attached hydrogen (secondary N) is 2. The van der Waals surface area contributed by atoms with E-state index in [1.165, 1.54) is 0 Å². The van der Waals surface area contributed by atoms with Gasteiger partial charge in [0, 0.05) is 45.7 Å². The van der Waals surface area contributed by atoms with Crippen molar-refractivity contribution in [1.29, 1.82) is 0 Å². The molecule has 12 heteroatoms. The minimum absolute atomic E-state index is 0.169. The lowest BCUT2D eigenvalue weighted by atomic mass is 10.0. The number of carbonyl (C=O) groups excluding carboxylic acids is 1. The quantitative estimate of drug-likeness (QED) is 0.313. The van der Waals surface area contributed by atoms with Crippen molar-refractivity contribution in [2.24, 2.45) is 0 Å². The Bertz CT molecular complexity index is 1490. The molecule has 5 rings (SSSR count). The van der Waals surface area contributed by atoms with Gasteiger partial charge in [-0.25, -0.2) is 4.68 Å². The molecule has 0 aliphatic heterocycles. The predicted octanol–water partition coefficient (Wildman–Crippen LogP) is 5.25. The van der Waals surface area contributed by atoms with E-state index in [1.807, 2.05) is 12.1 Å². The minimum Gasteiger partial charge on any atom is -0.320 e. The number of rotatable bonds is 6. The monoisotopic (exact) mass is 524 g/mol. The van der Waals surface area contributed by atoms with Crippen molar-refractivity contribution >= 4 is 46.4 Å². The van der Waals surface area contributed by atoms with Gasteiger partial charge >= 0.3 is 0 Å². The van der Waals surface area contributed by atoms with E-state index in [2.05, 4.69) is 36.0 Å². The summed E-state index contributed by atoms with van der Waals surface area (Å²) in [5.74, 6) is -0.0336. The summed E-state index contributed by atoms with van der Waals surface area (Å²) < 4.78 is 1.61. The van der Waals surface area contributed by atoms with Gasteiger partial charge in [-0.15, -0.1) is 10.2 Å². The fraction of sp³-hybridized carbons (Fsp3) is 0.0435. The molecule has 0 saturated heterocycles. The summed E-state index contributed by atoms with van der Waals surface area (Å²) in [6.07, 6.45) is 3.35. The fourth-order valence-corrected chi connectivity index (χ4v) is 4.19. The Labute approximate surface area is 214 Å². The molecule has 1 amide bonds. The van der Waals surface area contributed by atoms with E-state index >= 15 is 0 Å². The Kier molecular flexibility index (Phi) is 6.45. The molecule has 0 radical (unpaired) electrons. The molecule has 2 N–H and O–H groups in total. The zero-order chi connectivity index (χ0) is 24.4. The van der Waals surface area contributed by atoms with Crippen LogP contribution in [-0.4, -0.2) is 41.3 Å². The maximum absolute atomic E-state index is 13.4. The minimum atomic E-state index is -0.422. The second-order valence-electron chi connectivity index (χ2n) is 7.39. The normalized spacial score (nSPS) is 10.9. The highest BCUT2D eigenvalue weighted by atomic mass is 35.5. The highest BCUT2D eigenvalue weighted by Gasteiger charge is 2.27. The van der Waals surface area contributed by atoms with Gasteiger partial charge in [-0.05, 0) is 42.5 Å². The summed E-state index contributed by atoms with van der Waals surface area (Å²) in [4.78, 5) is 17.4. The Balaban J connectivity index is 1.73. The number of anilines is 1. The van der Waals surface area contributed by atoms with Gasteiger partial charge < -0.3 is 5.32 Å². The smallest absolute Gasteiger partial charge is 0.276 e. The van der Waals surface area contributed by atoms with E-state index in [0.717, 1.165) is 5.56 Å². The van der Waals surface area contributed by atoms with Crippen LogP contribution in [0, 0.1) is 0 Å². The van der Waals surface area contributed by atoms with Crippen LogP contribution in [0.1, 0.15) is 21.9 Å². The second kappa shape index (κ2) is 9.83. The van der Waals surface area contributed by atoms with Gasteiger partial charge in [-0.2, -0.15) is 10.3 Å². The molecule has 5 aromatic rings. The third-order valence-electron chi connectivity index (χ3n) is 5.12. The summed E-state index contributed by atoms with van der Waals surface area (Å²) >= 11 is 18.8. The maximum atomic E-state index is 13.4. The van der Waals surface area contributed by atoms with Crippen LogP contribution >= 0.6 is 34.8 Å². The summed E-state index contributed by atoms with van der Waals surface area (Å²) in [6, 6.07) is 15.6. The molecule has 0 unspecified atom stereocenters. The summed E-state index contributed by atoms with van der Waals surface area (Å²) in [7, 11) is 0. The van der Waals surface area contributed by atoms with Crippen LogP contribution in [0.3, 0.4) is 0 Å². The van der Waals surface area contributed by atoms with Crippen molar-refractivity contribution < 1.29 is 4.79 Å². The first-order valence-electron chi connectivity index (χ1n) is 10.3. The first-order chi connectivity index (χ1) is 17.0. The molecule has 3 heterocycles. The Morgan fingerprint density at radius 2 is 1.71 bits per heavy atom. The number of H-pyrrole nitrogens is 1. The number of hydrogen-bond donors (Lipinski definition) is 2. The first kappa shape index (κ1) is 23.0. The van der Waals surface area contributed by atoms with Crippen molar-refractivity contribution in [2.45, 2.75) is 6.42 Å². The molecule has 0 aliphatic rings.